The molecule has 2 aromatic rings. The van der Waals surface area contributed by atoms with Gasteiger partial charge in [0.1, 0.15) is 0 Å². The summed E-state index contributed by atoms with van der Waals surface area (Å²) in [5.74, 6) is 0.0000493. The first-order valence-corrected chi connectivity index (χ1v) is 8.78. The monoisotopic (exact) mass is 432 g/mol. The Morgan fingerprint density at radius 1 is 1.15 bits per heavy atom. The van der Waals surface area contributed by atoms with Gasteiger partial charge in [0.15, 0.2) is 6.20 Å². The van der Waals surface area contributed by atoms with Crippen LogP contribution in [0, 0.1) is 13.8 Å². The summed E-state index contributed by atoms with van der Waals surface area (Å²) in [5.41, 5.74) is 3.43. The van der Waals surface area contributed by atoms with Gasteiger partial charge < -0.3 is 4.74 Å². The number of hydrogen-bond donors (Lipinski definition) is 0. The summed E-state index contributed by atoms with van der Waals surface area (Å²) in [6.45, 7) is 7.32. The van der Waals surface area contributed by atoms with Gasteiger partial charge in [0, 0.05) is 51.6 Å². The zero-order valence-electron chi connectivity index (χ0n) is 15.9. The van der Waals surface area contributed by atoms with Gasteiger partial charge in [0.2, 0.25) is 12.3 Å². The van der Waals surface area contributed by atoms with Crippen molar-refractivity contribution in [1.82, 2.24) is 4.68 Å². The minimum absolute atomic E-state index is 0. The number of esters is 1. The van der Waals surface area contributed by atoms with Crippen molar-refractivity contribution >= 4 is 11.8 Å². The molecule has 0 amide bonds. The Morgan fingerprint density at radius 3 is 2.50 bits per heavy atom. The van der Waals surface area contributed by atoms with Crippen molar-refractivity contribution in [3.8, 4) is 0 Å². The average Bonchev–Trinajstić information content (AvgIpc) is 2.98. The van der Waals surface area contributed by atoms with Gasteiger partial charge in [-0.15, -0.1) is 4.68 Å². The summed E-state index contributed by atoms with van der Waals surface area (Å²) in [6.07, 6.45) is 5.35. The second kappa shape index (κ2) is 11.4. The smallest absolute Gasteiger partial charge is 0.305 e. The summed E-state index contributed by atoms with van der Waals surface area (Å²) < 4.78 is 8.81. The van der Waals surface area contributed by atoms with E-state index < -0.39 is 0 Å². The number of benzene rings is 1. The molecular weight excluding hydrogens is 405 g/mol. The number of Topliss-reactive ketones (excluding diaryl/α,β-unsaturated/α-hetero) is 1. The van der Waals surface area contributed by atoms with Gasteiger partial charge in [-0.25, -0.2) is 0 Å². The van der Waals surface area contributed by atoms with Crippen LogP contribution in [0.1, 0.15) is 36.5 Å². The molecule has 0 unspecified atom stereocenters. The average molecular weight is 432 g/mol. The maximum atomic E-state index is 12.5. The SMILES string of the molecule is CCOC(=O)CCCn1ccc[n+]1CC(=O)Cc1c(C)cccc1C.[Y]. The number of carbonyl (C=O) groups excluding carboxylic acids is 2. The summed E-state index contributed by atoms with van der Waals surface area (Å²) >= 11 is 0. The van der Waals surface area contributed by atoms with Gasteiger partial charge in [-0.3, -0.25) is 9.59 Å². The van der Waals surface area contributed by atoms with Crippen molar-refractivity contribution in [1.29, 1.82) is 0 Å². The number of ether oxygens (including phenoxy) is 1. The van der Waals surface area contributed by atoms with Crippen LogP contribution in [-0.2, 0) is 66.5 Å². The molecule has 0 spiro atoms. The van der Waals surface area contributed by atoms with Crippen molar-refractivity contribution in [3.05, 3.63) is 53.3 Å². The Bertz CT molecular complexity index is 720. The molecule has 137 valence electrons. The summed E-state index contributed by atoms with van der Waals surface area (Å²) in [6, 6.07) is 8.01. The van der Waals surface area contributed by atoms with Gasteiger partial charge in [-0.1, -0.05) is 18.2 Å². The summed E-state index contributed by atoms with van der Waals surface area (Å²) in [5, 5.41) is 0. The fraction of sp³-hybridized carbons (Fsp3) is 0.450. The minimum Gasteiger partial charge on any atom is -0.466 e. The topological polar surface area (TPSA) is 52.2 Å². The van der Waals surface area contributed by atoms with Crippen LogP contribution < -0.4 is 4.68 Å². The predicted octanol–water partition coefficient (Wildman–Crippen LogP) is 2.55. The molecule has 0 saturated carbocycles. The quantitative estimate of drug-likeness (QED) is 0.452. The Kier molecular flexibility index (Phi) is 9.96. The molecule has 1 radical (unpaired) electrons. The minimum atomic E-state index is -0.174. The van der Waals surface area contributed by atoms with Gasteiger partial charge >= 0.3 is 5.97 Å². The van der Waals surface area contributed by atoms with Gasteiger partial charge in [-0.2, -0.15) is 4.68 Å². The standard InChI is InChI=1S/C20H27N2O3.Y/c1-4-25-20(24)10-6-11-21-12-7-13-22(21)15-18(23)14-19-16(2)8-5-9-17(19)3;/h5,7-9,12-13H,4,6,10-11,14-15H2,1-3H3;/q+1;. The molecule has 0 aliphatic rings. The van der Waals surface area contributed by atoms with E-state index in [1.54, 1.807) is 6.92 Å². The van der Waals surface area contributed by atoms with Gasteiger partial charge in [0.25, 0.3) is 0 Å². The first-order valence-electron chi connectivity index (χ1n) is 8.78. The Morgan fingerprint density at radius 2 is 1.85 bits per heavy atom. The van der Waals surface area contributed by atoms with Crippen molar-refractivity contribution in [2.75, 3.05) is 6.61 Å². The first-order chi connectivity index (χ1) is 12.0. The fourth-order valence-electron chi connectivity index (χ4n) is 2.94. The molecule has 1 heterocycles. The molecule has 0 aliphatic carbocycles. The Hall–Kier alpha value is -1.33. The van der Waals surface area contributed by atoms with Crippen LogP contribution in [0.15, 0.2) is 36.7 Å². The summed E-state index contributed by atoms with van der Waals surface area (Å²) in [7, 11) is 0. The Balaban J connectivity index is 0.00000338. The number of aryl methyl sites for hydroxylation is 3. The van der Waals surface area contributed by atoms with E-state index in [9.17, 15) is 9.59 Å². The number of carbonyl (C=O) groups is 2. The fourth-order valence-corrected chi connectivity index (χ4v) is 2.94. The van der Waals surface area contributed by atoms with E-state index in [0.29, 0.717) is 39.0 Å². The number of nitrogens with zero attached hydrogens (tertiary/aromatic N) is 2. The van der Waals surface area contributed by atoms with Crippen LogP contribution in [0.5, 0.6) is 0 Å². The van der Waals surface area contributed by atoms with E-state index in [2.05, 4.69) is 0 Å². The number of ketones is 1. The van der Waals surface area contributed by atoms with E-state index in [1.165, 1.54) is 0 Å². The normalized spacial score (nSPS) is 10.3. The molecule has 6 heteroatoms. The van der Waals surface area contributed by atoms with Crippen LogP contribution in [0.4, 0.5) is 0 Å². The summed E-state index contributed by atoms with van der Waals surface area (Å²) in [4.78, 5) is 23.9. The Labute approximate surface area is 180 Å². The molecule has 2 rings (SSSR count). The molecule has 1 aromatic carbocycles. The molecular formula is C20H27N2O3Y+. The zero-order valence-corrected chi connectivity index (χ0v) is 18.7. The predicted molar refractivity (Wildman–Crippen MR) is 95.1 cm³/mol. The third kappa shape index (κ3) is 6.77. The first kappa shape index (κ1) is 22.7. The molecule has 0 saturated heterocycles. The molecule has 0 fully saturated rings. The molecule has 5 nitrogen and oxygen atoms in total. The number of hydrogen-bond acceptors (Lipinski definition) is 3. The molecule has 0 atom stereocenters. The maximum Gasteiger partial charge on any atom is 0.305 e. The molecule has 0 aliphatic heterocycles. The number of aromatic nitrogens is 2. The van der Waals surface area contributed by atoms with Crippen LogP contribution in [0.3, 0.4) is 0 Å². The van der Waals surface area contributed by atoms with Gasteiger partial charge in [0.05, 0.1) is 19.3 Å². The second-order valence-corrected chi connectivity index (χ2v) is 6.25. The van der Waals surface area contributed by atoms with E-state index in [4.69, 9.17) is 4.74 Å². The van der Waals surface area contributed by atoms with E-state index in [1.807, 2.05) is 59.9 Å². The van der Waals surface area contributed by atoms with E-state index >= 15 is 0 Å². The molecule has 26 heavy (non-hydrogen) atoms. The zero-order chi connectivity index (χ0) is 18.2. The van der Waals surface area contributed by atoms with Gasteiger partial charge in [-0.05, 0) is 43.9 Å². The van der Waals surface area contributed by atoms with Crippen molar-refractivity contribution < 1.29 is 51.7 Å². The molecule has 0 bridgehead atoms. The van der Waals surface area contributed by atoms with Crippen LogP contribution in [-0.4, -0.2) is 23.0 Å². The molecule has 1 aromatic heterocycles. The van der Waals surface area contributed by atoms with Crippen molar-refractivity contribution in [2.45, 2.75) is 53.1 Å². The van der Waals surface area contributed by atoms with Crippen LogP contribution in [0.25, 0.3) is 0 Å². The molecule has 0 N–H and O–H groups in total. The van der Waals surface area contributed by atoms with E-state index in [-0.39, 0.29) is 44.5 Å². The van der Waals surface area contributed by atoms with E-state index in [0.717, 1.165) is 16.7 Å². The second-order valence-electron chi connectivity index (χ2n) is 6.25. The van der Waals surface area contributed by atoms with Crippen molar-refractivity contribution in [2.24, 2.45) is 0 Å². The maximum absolute atomic E-state index is 12.5. The van der Waals surface area contributed by atoms with Crippen LogP contribution >= 0.6 is 0 Å². The van der Waals surface area contributed by atoms with Crippen molar-refractivity contribution in [3.63, 3.8) is 0 Å². The largest absolute Gasteiger partial charge is 0.466 e. The third-order valence-corrected chi connectivity index (χ3v) is 4.28. The third-order valence-electron chi connectivity index (χ3n) is 4.28. The number of rotatable bonds is 9. The van der Waals surface area contributed by atoms with Crippen LogP contribution in [0.2, 0.25) is 0 Å².